The number of halogens is 5. The van der Waals surface area contributed by atoms with Gasteiger partial charge in [-0.3, -0.25) is 0 Å². The van der Waals surface area contributed by atoms with Crippen LogP contribution in [-0.2, 0) is 16.0 Å². The van der Waals surface area contributed by atoms with Crippen LogP contribution >= 0.6 is 46.4 Å². The van der Waals surface area contributed by atoms with Gasteiger partial charge in [-0.25, -0.2) is 0 Å². The van der Waals surface area contributed by atoms with Crippen LogP contribution < -0.4 is 17.1 Å². The zero-order valence-electron chi connectivity index (χ0n) is 16.4. The fraction of sp³-hybridized carbons (Fsp3) is 0.429. The molecule has 1 aliphatic rings. The molecule has 0 aromatic heterocycles. The van der Waals surface area contributed by atoms with Crippen molar-refractivity contribution < 1.29 is 31.1 Å². The molecule has 4 nitrogen and oxygen atoms in total. The molecule has 0 N–H and O–H groups in total. The second-order valence-electron chi connectivity index (χ2n) is 7.03. The molecule has 1 fully saturated rings. The first-order chi connectivity index (χ1) is 14.0. The van der Waals surface area contributed by atoms with Crippen molar-refractivity contribution in [2.75, 3.05) is 52.7 Å². The van der Waals surface area contributed by atoms with Gasteiger partial charge >= 0.3 is 0 Å². The van der Waals surface area contributed by atoms with E-state index in [2.05, 4.69) is 24.3 Å². The number of rotatable bonds is 9. The quantitative estimate of drug-likeness (QED) is 0.223. The molecule has 9 heteroatoms. The third kappa shape index (κ3) is 7.04. The van der Waals surface area contributed by atoms with Crippen LogP contribution in [0, 0.1) is 0 Å². The Kier molecular flexibility index (Phi) is 10.8. The topological polar surface area (TPSA) is 27.7 Å². The minimum Gasteiger partial charge on any atom is -1.00 e. The number of ether oxygens (including phenoxy) is 3. The fourth-order valence-corrected chi connectivity index (χ4v) is 4.42. The van der Waals surface area contributed by atoms with Gasteiger partial charge in [0.05, 0.1) is 41.5 Å². The van der Waals surface area contributed by atoms with Crippen LogP contribution in [0.4, 0.5) is 0 Å². The first-order valence-corrected chi connectivity index (χ1v) is 11.0. The lowest BCUT2D eigenvalue weighted by Crippen LogP contribution is -3.00. The minimum atomic E-state index is 0. The average Bonchev–Trinajstić information content (AvgIpc) is 2.72. The summed E-state index contributed by atoms with van der Waals surface area (Å²) in [6, 6.07) is 12.1. The molecule has 0 unspecified atom stereocenters. The summed E-state index contributed by atoms with van der Waals surface area (Å²) in [7, 11) is 0. The zero-order valence-corrected chi connectivity index (χ0v) is 20.2. The Morgan fingerprint density at radius 2 is 1.57 bits per heavy atom. The lowest BCUT2D eigenvalue weighted by atomic mass is 10.1. The molecular formula is C21H24Cl5NO3. The van der Waals surface area contributed by atoms with Crippen molar-refractivity contribution in [3.05, 3.63) is 62.1 Å². The second-order valence-corrected chi connectivity index (χ2v) is 8.60. The molecule has 0 bridgehead atoms. The Hall–Kier alpha value is -0.430. The van der Waals surface area contributed by atoms with E-state index in [0.29, 0.717) is 35.6 Å². The van der Waals surface area contributed by atoms with E-state index >= 15 is 0 Å². The maximum atomic E-state index is 6.16. The van der Waals surface area contributed by atoms with Gasteiger partial charge in [-0.1, -0.05) is 76.7 Å². The van der Waals surface area contributed by atoms with Crippen molar-refractivity contribution in [3.63, 3.8) is 0 Å². The van der Waals surface area contributed by atoms with Crippen molar-refractivity contribution in [2.24, 2.45) is 0 Å². The van der Waals surface area contributed by atoms with Gasteiger partial charge in [-0.2, -0.15) is 0 Å². The molecule has 166 valence electrons. The van der Waals surface area contributed by atoms with E-state index in [1.165, 1.54) is 11.6 Å². The van der Waals surface area contributed by atoms with Gasteiger partial charge < -0.3 is 31.1 Å². The Balaban J connectivity index is 0.00000320. The summed E-state index contributed by atoms with van der Waals surface area (Å²) < 4.78 is 18.0. The van der Waals surface area contributed by atoms with Crippen LogP contribution in [0.3, 0.4) is 0 Å². The monoisotopic (exact) mass is 513 g/mol. The minimum absolute atomic E-state index is 0. The molecule has 0 aliphatic carbocycles. The highest BCUT2D eigenvalue weighted by atomic mass is 35.5. The normalized spacial score (nSPS) is 15.5. The van der Waals surface area contributed by atoms with Crippen LogP contribution in [0.25, 0.3) is 0 Å². The first-order valence-electron chi connectivity index (χ1n) is 9.51. The van der Waals surface area contributed by atoms with Gasteiger partial charge in [0.2, 0.25) is 0 Å². The highest BCUT2D eigenvalue weighted by molar-refractivity contribution is 6.50. The van der Waals surface area contributed by atoms with E-state index in [9.17, 15) is 0 Å². The second kappa shape index (κ2) is 12.6. The van der Waals surface area contributed by atoms with Crippen LogP contribution in [0.5, 0.6) is 5.75 Å². The number of nitrogens with zero attached hydrogens (tertiary/aromatic N) is 1. The molecule has 1 aliphatic heterocycles. The molecule has 0 spiro atoms. The molecule has 0 radical (unpaired) electrons. The molecule has 2 aromatic carbocycles. The average molecular weight is 516 g/mol. The van der Waals surface area contributed by atoms with Gasteiger partial charge in [0.15, 0.2) is 5.75 Å². The largest absolute Gasteiger partial charge is 1.00 e. The van der Waals surface area contributed by atoms with E-state index in [0.717, 1.165) is 43.9 Å². The zero-order chi connectivity index (χ0) is 20.7. The Morgan fingerprint density at radius 1 is 0.867 bits per heavy atom. The smallest absolute Gasteiger partial charge is 0.158 e. The van der Waals surface area contributed by atoms with Crippen molar-refractivity contribution >= 4 is 46.4 Å². The Morgan fingerprint density at radius 3 is 2.27 bits per heavy atom. The van der Waals surface area contributed by atoms with E-state index < -0.39 is 0 Å². The molecule has 0 amide bonds. The summed E-state index contributed by atoms with van der Waals surface area (Å²) in [6.07, 6.45) is 0. The standard InChI is InChI=1S/C21H24Cl4NO3.ClH/c22-17-14-18(23)21(20(25)19(17)24)29-13-12-28-11-8-26(6-9-27-10-7-26)15-16-4-2-1-3-5-16;/h1-5,14H,6-13,15H2;1H/q+1;/p-1. The maximum Gasteiger partial charge on any atom is 0.158 e. The number of benzene rings is 2. The lowest BCUT2D eigenvalue weighted by molar-refractivity contribution is -0.947. The van der Waals surface area contributed by atoms with Crippen LogP contribution in [0.1, 0.15) is 5.56 Å². The third-order valence-electron chi connectivity index (χ3n) is 5.04. The van der Waals surface area contributed by atoms with Crippen molar-refractivity contribution in [1.29, 1.82) is 0 Å². The van der Waals surface area contributed by atoms with E-state index in [1.807, 2.05) is 6.07 Å². The predicted octanol–water partition coefficient (Wildman–Crippen LogP) is 2.75. The highest BCUT2D eigenvalue weighted by Gasteiger charge is 2.30. The molecule has 30 heavy (non-hydrogen) atoms. The molecule has 1 saturated heterocycles. The van der Waals surface area contributed by atoms with Crippen LogP contribution in [0.2, 0.25) is 20.1 Å². The summed E-state index contributed by atoms with van der Waals surface area (Å²) in [5, 5.41) is 1.06. The summed E-state index contributed by atoms with van der Waals surface area (Å²) in [4.78, 5) is 0. The van der Waals surface area contributed by atoms with Gasteiger partial charge in [-0.15, -0.1) is 0 Å². The molecule has 1 heterocycles. The molecule has 2 aromatic rings. The fourth-order valence-electron chi connectivity index (χ4n) is 3.41. The Labute approximate surface area is 203 Å². The lowest BCUT2D eigenvalue weighted by Gasteiger charge is -2.41. The summed E-state index contributed by atoms with van der Waals surface area (Å²) in [5.74, 6) is 0.326. The number of morpholine rings is 1. The van der Waals surface area contributed by atoms with Gasteiger partial charge in [0, 0.05) is 5.56 Å². The van der Waals surface area contributed by atoms with Gasteiger partial charge in [0.25, 0.3) is 0 Å². The SMILES string of the molecule is Clc1cc(Cl)c(OCCOCC[N+]2(Cc3ccccc3)CCOCC2)c(Cl)c1Cl.[Cl-]. The number of hydrogen-bond donors (Lipinski definition) is 0. The van der Waals surface area contributed by atoms with Crippen LogP contribution in [0.15, 0.2) is 36.4 Å². The Bertz CT molecular complexity index is 801. The van der Waals surface area contributed by atoms with Gasteiger partial charge in [-0.05, 0) is 6.07 Å². The summed E-state index contributed by atoms with van der Waals surface area (Å²) in [5.41, 5.74) is 1.33. The summed E-state index contributed by atoms with van der Waals surface area (Å²) >= 11 is 24.3. The number of hydrogen-bond acceptors (Lipinski definition) is 3. The van der Waals surface area contributed by atoms with Crippen molar-refractivity contribution in [3.8, 4) is 5.75 Å². The third-order valence-corrected chi connectivity index (χ3v) is 6.56. The molecule has 0 saturated carbocycles. The molecule has 0 atom stereocenters. The van der Waals surface area contributed by atoms with Crippen LogP contribution in [-0.4, -0.2) is 57.2 Å². The van der Waals surface area contributed by atoms with Gasteiger partial charge in [0.1, 0.15) is 37.8 Å². The van der Waals surface area contributed by atoms with E-state index in [1.54, 1.807) is 0 Å². The summed E-state index contributed by atoms with van der Waals surface area (Å²) in [6.45, 7) is 6.83. The van der Waals surface area contributed by atoms with Crippen molar-refractivity contribution in [1.82, 2.24) is 0 Å². The highest BCUT2D eigenvalue weighted by Crippen LogP contribution is 2.42. The first kappa shape index (κ1) is 25.8. The van der Waals surface area contributed by atoms with E-state index in [-0.39, 0.29) is 22.5 Å². The predicted molar refractivity (Wildman–Crippen MR) is 119 cm³/mol. The molecular weight excluding hydrogens is 492 g/mol. The molecule has 3 rings (SSSR count). The maximum absolute atomic E-state index is 6.16. The van der Waals surface area contributed by atoms with E-state index in [4.69, 9.17) is 60.6 Å². The van der Waals surface area contributed by atoms with Crippen molar-refractivity contribution in [2.45, 2.75) is 6.54 Å². The number of quaternary nitrogens is 1.